The fourth-order valence-corrected chi connectivity index (χ4v) is 3.25. The van der Waals surface area contributed by atoms with E-state index >= 15 is 0 Å². The van der Waals surface area contributed by atoms with Crippen LogP contribution < -0.4 is 10.2 Å². The number of anilines is 2. The normalized spacial score (nSPS) is 16.4. The summed E-state index contributed by atoms with van der Waals surface area (Å²) in [7, 11) is 0. The highest BCUT2D eigenvalue weighted by atomic mass is 32.1. The molecule has 1 N–H and O–H groups in total. The van der Waals surface area contributed by atoms with E-state index in [4.69, 9.17) is 0 Å². The Balaban J connectivity index is 1.68. The summed E-state index contributed by atoms with van der Waals surface area (Å²) in [6.45, 7) is 3.00. The standard InChI is InChI=1S/C16H18N2OS/c1-12(15-4-3-11-20-15)17-13-6-8-14(9-7-13)18-10-2-5-16(18)19/h3-4,6-9,11-12,17H,2,5,10H2,1H3. The van der Waals surface area contributed by atoms with Crippen molar-refractivity contribution in [3.8, 4) is 0 Å². The molecule has 20 heavy (non-hydrogen) atoms. The summed E-state index contributed by atoms with van der Waals surface area (Å²) in [5, 5.41) is 5.57. The molecule has 1 aromatic carbocycles. The molecule has 0 saturated carbocycles. The van der Waals surface area contributed by atoms with Gasteiger partial charge in [0.2, 0.25) is 5.91 Å². The number of rotatable bonds is 4. The number of amides is 1. The summed E-state index contributed by atoms with van der Waals surface area (Å²) in [6, 6.07) is 12.6. The molecule has 1 aliphatic rings. The number of hydrogen-bond donors (Lipinski definition) is 1. The maximum absolute atomic E-state index is 11.7. The zero-order valence-electron chi connectivity index (χ0n) is 11.5. The van der Waals surface area contributed by atoms with Crippen LogP contribution in [0.2, 0.25) is 0 Å². The first-order chi connectivity index (χ1) is 9.74. The third-order valence-corrected chi connectivity index (χ3v) is 4.66. The van der Waals surface area contributed by atoms with Crippen molar-refractivity contribution in [1.82, 2.24) is 0 Å². The molecule has 0 bridgehead atoms. The fraction of sp³-hybridized carbons (Fsp3) is 0.312. The Morgan fingerprint density at radius 2 is 2.05 bits per heavy atom. The van der Waals surface area contributed by atoms with Gasteiger partial charge >= 0.3 is 0 Å². The van der Waals surface area contributed by atoms with Gasteiger partial charge in [-0.15, -0.1) is 11.3 Å². The van der Waals surface area contributed by atoms with Gasteiger partial charge < -0.3 is 10.2 Å². The highest BCUT2D eigenvalue weighted by Gasteiger charge is 2.21. The second kappa shape index (κ2) is 5.67. The lowest BCUT2D eigenvalue weighted by Gasteiger charge is -2.18. The van der Waals surface area contributed by atoms with Gasteiger partial charge in [0.1, 0.15) is 0 Å². The van der Waals surface area contributed by atoms with Crippen LogP contribution in [-0.4, -0.2) is 12.5 Å². The molecule has 3 nitrogen and oxygen atoms in total. The lowest BCUT2D eigenvalue weighted by atomic mass is 10.2. The molecule has 4 heteroatoms. The Hall–Kier alpha value is -1.81. The number of hydrogen-bond acceptors (Lipinski definition) is 3. The average Bonchev–Trinajstić information content (AvgIpc) is 3.11. The molecule has 0 spiro atoms. The van der Waals surface area contributed by atoms with Crippen LogP contribution in [0.5, 0.6) is 0 Å². The molecule has 0 aliphatic carbocycles. The molecule has 1 saturated heterocycles. The third kappa shape index (κ3) is 2.70. The minimum Gasteiger partial charge on any atom is -0.378 e. The predicted molar refractivity (Wildman–Crippen MR) is 84.4 cm³/mol. The van der Waals surface area contributed by atoms with Gasteiger partial charge in [0, 0.05) is 29.2 Å². The summed E-state index contributed by atoms with van der Waals surface area (Å²) in [6.07, 6.45) is 1.64. The van der Waals surface area contributed by atoms with Gasteiger partial charge in [0.05, 0.1) is 6.04 Å². The summed E-state index contributed by atoms with van der Waals surface area (Å²) in [5.41, 5.74) is 2.09. The van der Waals surface area contributed by atoms with Crippen LogP contribution in [0, 0.1) is 0 Å². The van der Waals surface area contributed by atoms with E-state index in [2.05, 4.69) is 29.8 Å². The number of benzene rings is 1. The van der Waals surface area contributed by atoms with Crippen LogP contribution in [-0.2, 0) is 4.79 Å². The van der Waals surface area contributed by atoms with Crippen molar-refractivity contribution in [2.24, 2.45) is 0 Å². The Morgan fingerprint density at radius 3 is 2.65 bits per heavy atom. The van der Waals surface area contributed by atoms with Crippen molar-refractivity contribution in [1.29, 1.82) is 0 Å². The quantitative estimate of drug-likeness (QED) is 0.919. The summed E-state index contributed by atoms with van der Waals surface area (Å²) < 4.78 is 0. The number of carbonyl (C=O) groups excluding carboxylic acids is 1. The van der Waals surface area contributed by atoms with Crippen LogP contribution in [0.1, 0.15) is 30.7 Å². The molecule has 2 heterocycles. The van der Waals surface area contributed by atoms with Crippen molar-refractivity contribution < 1.29 is 4.79 Å². The molecule has 3 rings (SSSR count). The summed E-state index contributed by atoms with van der Waals surface area (Å²) >= 11 is 1.76. The SMILES string of the molecule is CC(Nc1ccc(N2CCCC2=O)cc1)c1cccs1. The molecule has 1 unspecified atom stereocenters. The molecule has 0 radical (unpaired) electrons. The second-order valence-corrected chi connectivity index (χ2v) is 6.06. The molecule has 1 atom stereocenters. The molecule has 1 fully saturated rings. The average molecular weight is 286 g/mol. The van der Waals surface area contributed by atoms with Crippen LogP contribution >= 0.6 is 11.3 Å². The van der Waals surface area contributed by atoms with Crippen LogP contribution in [0.3, 0.4) is 0 Å². The molecular formula is C16H18N2OS. The van der Waals surface area contributed by atoms with Gasteiger partial charge in [0.15, 0.2) is 0 Å². The Kier molecular flexibility index (Phi) is 3.74. The maximum Gasteiger partial charge on any atom is 0.227 e. The van der Waals surface area contributed by atoms with E-state index in [0.29, 0.717) is 12.5 Å². The monoisotopic (exact) mass is 286 g/mol. The molecule has 1 aliphatic heterocycles. The Bertz CT molecular complexity index is 577. The van der Waals surface area contributed by atoms with Gasteiger partial charge in [-0.2, -0.15) is 0 Å². The first-order valence-electron chi connectivity index (χ1n) is 6.94. The lowest BCUT2D eigenvalue weighted by Crippen LogP contribution is -2.23. The maximum atomic E-state index is 11.7. The van der Waals surface area contributed by atoms with E-state index in [9.17, 15) is 4.79 Å². The molecule has 2 aromatic rings. The van der Waals surface area contributed by atoms with Crippen LogP contribution in [0.15, 0.2) is 41.8 Å². The zero-order valence-corrected chi connectivity index (χ0v) is 12.3. The highest BCUT2D eigenvalue weighted by molar-refractivity contribution is 7.10. The van der Waals surface area contributed by atoms with Gasteiger partial charge in [0.25, 0.3) is 0 Å². The first-order valence-corrected chi connectivity index (χ1v) is 7.82. The smallest absolute Gasteiger partial charge is 0.227 e. The molecule has 1 amide bonds. The van der Waals surface area contributed by atoms with Gasteiger partial charge in [-0.1, -0.05) is 6.07 Å². The van der Waals surface area contributed by atoms with E-state index in [1.807, 2.05) is 29.2 Å². The van der Waals surface area contributed by atoms with Gasteiger partial charge in [-0.05, 0) is 49.1 Å². The van der Waals surface area contributed by atoms with Crippen molar-refractivity contribution in [2.45, 2.75) is 25.8 Å². The van der Waals surface area contributed by atoms with E-state index < -0.39 is 0 Å². The third-order valence-electron chi connectivity index (χ3n) is 3.61. The van der Waals surface area contributed by atoms with Crippen LogP contribution in [0.4, 0.5) is 11.4 Å². The Morgan fingerprint density at radius 1 is 1.25 bits per heavy atom. The number of carbonyl (C=O) groups is 1. The van der Waals surface area contributed by atoms with E-state index in [1.165, 1.54) is 4.88 Å². The van der Waals surface area contributed by atoms with Crippen molar-refractivity contribution in [3.63, 3.8) is 0 Å². The predicted octanol–water partition coefficient (Wildman–Crippen LogP) is 4.05. The topological polar surface area (TPSA) is 32.3 Å². The Labute approximate surface area is 123 Å². The van der Waals surface area contributed by atoms with E-state index in [1.54, 1.807) is 11.3 Å². The van der Waals surface area contributed by atoms with Crippen LogP contribution in [0.25, 0.3) is 0 Å². The second-order valence-electron chi connectivity index (χ2n) is 5.08. The minimum atomic E-state index is 0.234. The minimum absolute atomic E-state index is 0.234. The van der Waals surface area contributed by atoms with Gasteiger partial charge in [-0.3, -0.25) is 4.79 Å². The molecule has 104 valence electrons. The highest BCUT2D eigenvalue weighted by Crippen LogP contribution is 2.26. The number of thiophene rings is 1. The number of nitrogens with zero attached hydrogens (tertiary/aromatic N) is 1. The van der Waals surface area contributed by atoms with Gasteiger partial charge in [-0.25, -0.2) is 0 Å². The fourth-order valence-electron chi connectivity index (χ4n) is 2.52. The van der Waals surface area contributed by atoms with Crippen molar-refractivity contribution in [3.05, 3.63) is 46.7 Å². The molecular weight excluding hydrogens is 268 g/mol. The summed E-state index contributed by atoms with van der Waals surface area (Å²) in [5.74, 6) is 0.234. The summed E-state index contributed by atoms with van der Waals surface area (Å²) in [4.78, 5) is 14.9. The lowest BCUT2D eigenvalue weighted by molar-refractivity contribution is -0.117. The molecule has 1 aromatic heterocycles. The largest absolute Gasteiger partial charge is 0.378 e. The zero-order chi connectivity index (χ0) is 13.9. The van der Waals surface area contributed by atoms with E-state index in [-0.39, 0.29) is 5.91 Å². The van der Waals surface area contributed by atoms with E-state index in [0.717, 1.165) is 24.3 Å². The first kappa shape index (κ1) is 13.2. The van der Waals surface area contributed by atoms with Crippen molar-refractivity contribution in [2.75, 3.05) is 16.8 Å². The van der Waals surface area contributed by atoms with Crippen molar-refractivity contribution >= 4 is 28.6 Å². The number of nitrogens with one attached hydrogen (secondary N) is 1.